The fraction of sp³-hybridized carbons (Fsp3) is 0.0500. The Balaban J connectivity index is 1.79. The second-order valence-electron chi connectivity index (χ2n) is 5.68. The number of rotatable bonds is 3. The third-order valence-electron chi connectivity index (χ3n) is 4.08. The topological polar surface area (TPSA) is 58.7 Å². The van der Waals surface area contributed by atoms with Crippen LogP contribution in [0.25, 0.3) is 21.3 Å². The Morgan fingerprint density at radius 1 is 1.08 bits per heavy atom. The van der Waals surface area contributed by atoms with E-state index in [1.54, 1.807) is 23.0 Å². The molecule has 0 amide bonds. The number of hydrogen-bond donors (Lipinski definition) is 0. The quantitative estimate of drug-likeness (QED) is 0.564. The van der Waals surface area contributed by atoms with Crippen molar-refractivity contribution < 1.29 is 0 Å². The lowest BCUT2D eigenvalue weighted by Gasteiger charge is -2.06. The first-order valence-corrected chi connectivity index (χ1v) is 8.65. The summed E-state index contributed by atoms with van der Waals surface area (Å²) in [5.74, 6) is 0. The van der Waals surface area contributed by atoms with Gasteiger partial charge in [-0.1, -0.05) is 42.5 Å². The van der Waals surface area contributed by atoms with Crippen LogP contribution in [-0.2, 0) is 6.54 Å². The summed E-state index contributed by atoms with van der Waals surface area (Å²) in [5.41, 5.74) is 3.46. The molecular formula is C20H13N3OS. The van der Waals surface area contributed by atoms with Crippen LogP contribution in [0.4, 0.5) is 0 Å². The highest BCUT2D eigenvalue weighted by Crippen LogP contribution is 2.30. The van der Waals surface area contributed by atoms with E-state index in [2.05, 4.69) is 11.1 Å². The van der Waals surface area contributed by atoms with Gasteiger partial charge in [0.2, 0.25) is 0 Å². The molecule has 4 nitrogen and oxygen atoms in total. The van der Waals surface area contributed by atoms with Crippen molar-refractivity contribution in [3.05, 3.63) is 87.8 Å². The first-order valence-electron chi connectivity index (χ1n) is 7.77. The zero-order chi connectivity index (χ0) is 17.2. The van der Waals surface area contributed by atoms with E-state index in [-0.39, 0.29) is 5.56 Å². The van der Waals surface area contributed by atoms with E-state index in [0.717, 1.165) is 21.5 Å². The van der Waals surface area contributed by atoms with Crippen LogP contribution in [0.5, 0.6) is 0 Å². The number of nitrogens with zero attached hydrogens (tertiary/aromatic N) is 3. The molecule has 120 valence electrons. The van der Waals surface area contributed by atoms with Gasteiger partial charge in [-0.15, -0.1) is 11.3 Å². The SMILES string of the molecule is N#Cc1ccc(Cn2cnc3scc(-c4ccccc4)c3c2=O)cc1. The lowest BCUT2D eigenvalue weighted by molar-refractivity contribution is 0.749. The highest BCUT2D eigenvalue weighted by molar-refractivity contribution is 7.17. The van der Waals surface area contributed by atoms with Gasteiger partial charge < -0.3 is 0 Å². The number of nitriles is 1. The van der Waals surface area contributed by atoms with Crippen molar-refractivity contribution in [2.45, 2.75) is 6.54 Å². The zero-order valence-electron chi connectivity index (χ0n) is 13.2. The summed E-state index contributed by atoms with van der Waals surface area (Å²) >= 11 is 1.48. The fourth-order valence-electron chi connectivity index (χ4n) is 2.79. The Bertz CT molecular complexity index is 1140. The molecule has 0 atom stereocenters. The van der Waals surface area contributed by atoms with Crippen LogP contribution in [0.2, 0.25) is 0 Å². The minimum Gasteiger partial charge on any atom is -0.294 e. The van der Waals surface area contributed by atoms with E-state index < -0.39 is 0 Å². The second kappa shape index (κ2) is 6.34. The lowest BCUT2D eigenvalue weighted by atomic mass is 10.1. The number of benzene rings is 2. The highest BCUT2D eigenvalue weighted by atomic mass is 32.1. The first kappa shape index (κ1) is 15.3. The first-order chi connectivity index (χ1) is 12.3. The molecule has 0 aliphatic carbocycles. The third-order valence-corrected chi connectivity index (χ3v) is 4.97. The lowest BCUT2D eigenvalue weighted by Crippen LogP contribution is -2.20. The standard InChI is InChI=1S/C20H13N3OS/c21-10-14-6-8-15(9-7-14)11-23-13-22-19-18(20(23)24)17(12-25-19)16-4-2-1-3-5-16/h1-9,12-13H,11H2. The highest BCUT2D eigenvalue weighted by Gasteiger charge is 2.13. The molecule has 0 aliphatic heterocycles. The van der Waals surface area contributed by atoms with Crippen LogP contribution in [0.15, 0.2) is 71.1 Å². The molecule has 0 unspecified atom stereocenters. The second-order valence-corrected chi connectivity index (χ2v) is 6.54. The van der Waals surface area contributed by atoms with Crippen LogP contribution < -0.4 is 5.56 Å². The van der Waals surface area contributed by atoms with Gasteiger partial charge in [0.1, 0.15) is 4.83 Å². The van der Waals surface area contributed by atoms with E-state index in [0.29, 0.717) is 17.5 Å². The number of hydrogen-bond acceptors (Lipinski definition) is 4. The monoisotopic (exact) mass is 343 g/mol. The normalized spacial score (nSPS) is 10.7. The van der Waals surface area contributed by atoms with Gasteiger partial charge in [-0.3, -0.25) is 9.36 Å². The smallest absolute Gasteiger partial charge is 0.263 e. The minimum absolute atomic E-state index is 0.0468. The molecule has 0 bridgehead atoms. The number of thiophene rings is 1. The fourth-order valence-corrected chi connectivity index (χ4v) is 3.70. The summed E-state index contributed by atoms with van der Waals surface area (Å²) in [4.78, 5) is 18.2. The molecule has 0 N–H and O–H groups in total. The molecule has 0 radical (unpaired) electrons. The Hall–Kier alpha value is -3.23. The number of aromatic nitrogens is 2. The van der Waals surface area contributed by atoms with Gasteiger partial charge in [-0.2, -0.15) is 5.26 Å². The van der Waals surface area contributed by atoms with Crippen molar-refractivity contribution in [2.75, 3.05) is 0 Å². The van der Waals surface area contributed by atoms with Crippen LogP contribution in [-0.4, -0.2) is 9.55 Å². The molecule has 4 rings (SSSR count). The molecule has 5 heteroatoms. The summed E-state index contributed by atoms with van der Waals surface area (Å²) in [6.07, 6.45) is 1.59. The molecule has 2 heterocycles. The van der Waals surface area contributed by atoms with Crippen molar-refractivity contribution in [3.8, 4) is 17.2 Å². The largest absolute Gasteiger partial charge is 0.294 e. The molecule has 0 saturated carbocycles. The van der Waals surface area contributed by atoms with Gasteiger partial charge in [-0.05, 0) is 23.3 Å². The van der Waals surface area contributed by atoms with Gasteiger partial charge >= 0.3 is 0 Å². The molecule has 0 fully saturated rings. The van der Waals surface area contributed by atoms with Crippen molar-refractivity contribution in [2.24, 2.45) is 0 Å². The van der Waals surface area contributed by atoms with Gasteiger partial charge in [0.25, 0.3) is 5.56 Å². The Labute approximate surface area is 148 Å². The van der Waals surface area contributed by atoms with E-state index >= 15 is 0 Å². The van der Waals surface area contributed by atoms with Gasteiger partial charge in [0.15, 0.2) is 0 Å². The number of fused-ring (bicyclic) bond motifs is 1. The molecule has 25 heavy (non-hydrogen) atoms. The van der Waals surface area contributed by atoms with Crippen LogP contribution >= 0.6 is 11.3 Å². The third kappa shape index (κ3) is 2.84. The maximum absolute atomic E-state index is 13.0. The van der Waals surface area contributed by atoms with Crippen LogP contribution in [0.1, 0.15) is 11.1 Å². The average molecular weight is 343 g/mol. The summed E-state index contributed by atoms with van der Waals surface area (Å²) in [5, 5.41) is 11.5. The van der Waals surface area contributed by atoms with Gasteiger partial charge in [-0.25, -0.2) is 4.98 Å². The van der Waals surface area contributed by atoms with E-state index in [1.807, 2.05) is 47.8 Å². The molecule has 0 spiro atoms. The van der Waals surface area contributed by atoms with Crippen LogP contribution in [0.3, 0.4) is 0 Å². The molecule has 2 aromatic heterocycles. The summed E-state index contributed by atoms with van der Waals surface area (Å²) in [6, 6.07) is 19.2. The maximum Gasteiger partial charge on any atom is 0.263 e. The van der Waals surface area contributed by atoms with E-state index in [4.69, 9.17) is 5.26 Å². The van der Waals surface area contributed by atoms with Crippen molar-refractivity contribution in [1.29, 1.82) is 5.26 Å². The zero-order valence-corrected chi connectivity index (χ0v) is 14.0. The minimum atomic E-state index is -0.0468. The summed E-state index contributed by atoms with van der Waals surface area (Å²) < 4.78 is 1.61. The maximum atomic E-state index is 13.0. The Kier molecular flexibility index (Phi) is 3.88. The van der Waals surface area contributed by atoms with E-state index in [9.17, 15) is 4.79 Å². The van der Waals surface area contributed by atoms with Gasteiger partial charge in [0, 0.05) is 10.9 Å². The summed E-state index contributed by atoms with van der Waals surface area (Å²) in [7, 11) is 0. The molecule has 0 aliphatic rings. The van der Waals surface area contributed by atoms with E-state index in [1.165, 1.54) is 11.3 Å². The molecule has 0 saturated heterocycles. The molecule has 2 aromatic carbocycles. The van der Waals surface area contributed by atoms with Crippen molar-refractivity contribution >= 4 is 21.6 Å². The predicted octanol–water partition coefficient (Wildman–Crippen LogP) is 4.04. The summed E-state index contributed by atoms with van der Waals surface area (Å²) in [6.45, 7) is 0.428. The predicted molar refractivity (Wildman–Crippen MR) is 99.6 cm³/mol. The molecular weight excluding hydrogens is 330 g/mol. The average Bonchev–Trinajstić information content (AvgIpc) is 3.10. The van der Waals surface area contributed by atoms with Crippen LogP contribution in [0, 0.1) is 11.3 Å². The Morgan fingerprint density at radius 2 is 1.84 bits per heavy atom. The van der Waals surface area contributed by atoms with Crippen molar-refractivity contribution in [3.63, 3.8) is 0 Å². The molecule has 4 aromatic rings. The van der Waals surface area contributed by atoms with Crippen molar-refractivity contribution in [1.82, 2.24) is 9.55 Å². The van der Waals surface area contributed by atoms with Gasteiger partial charge in [0.05, 0.1) is 29.9 Å². The Morgan fingerprint density at radius 3 is 2.56 bits per heavy atom.